The number of benzene rings is 1. The van der Waals surface area contributed by atoms with Gasteiger partial charge < -0.3 is 10.1 Å². The highest BCUT2D eigenvalue weighted by molar-refractivity contribution is 5.94. The first kappa shape index (κ1) is 11.6. The second-order valence-electron chi connectivity index (χ2n) is 3.31. The number of amides is 1. The summed E-state index contributed by atoms with van der Waals surface area (Å²) in [6, 6.07) is 7.22. The number of hydrogen-bond donors (Lipinski definition) is 1. The van der Waals surface area contributed by atoms with E-state index in [1.807, 2.05) is 12.1 Å². The molecule has 1 aromatic carbocycles. The lowest BCUT2D eigenvalue weighted by Crippen LogP contribution is -2.17. The van der Waals surface area contributed by atoms with Crippen molar-refractivity contribution in [3.8, 4) is 5.75 Å². The first-order chi connectivity index (χ1) is 7.27. The summed E-state index contributed by atoms with van der Waals surface area (Å²) < 4.78 is 5.50. The second kappa shape index (κ2) is 6.06. The fraction of sp³-hybridized carbons (Fsp3) is 0.417. The van der Waals surface area contributed by atoms with Gasteiger partial charge in [-0.2, -0.15) is 0 Å². The molecule has 0 heterocycles. The summed E-state index contributed by atoms with van der Waals surface area (Å²) in [6.07, 6.45) is 2.14. The Kier molecular flexibility index (Phi) is 4.68. The molecule has 82 valence electrons. The zero-order valence-electron chi connectivity index (χ0n) is 9.25. The van der Waals surface area contributed by atoms with Crippen LogP contribution in [0.25, 0.3) is 0 Å². The van der Waals surface area contributed by atoms with Gasteiger partial charge in [-0.3, -0.25) is 4.79 Å². The Hall–Kier alpha value is -1.51. The van der Waals surface area contributed by atoms with Crippen LogP contribution in [0.1, 0.15) is 30.1 Å². The maximum Gasteiger partial charge on any atom is 0.251 e. The SMILES string of the molecule is CCCCOc1cccc(C(=O)NC)c1. The van der Waals surface area contributed by atoms with Gasteiger partial charge in [0.25, 0.3) is 5.91 Å². The van der Waals surface area contributed by atoms with E-state index in [4.69, 9.17) is 4.74 Å². The van der Waals surface area contributed by atoms with Crippen LogP contribution < -0.4 is 10.1 Å². The highest BCUT2D eigenvalue weighted by Crippen LogP contribution is 2.13. The van der Waals surface area contributed by atoms with Gasteiger partial charge in [0.05, 0.1) is 6.61 Å². The summed E-state index contributed by atoms with van der Waals surface area (Å²) in [5.74, 6) is 0.667. The van der Waals surface area contributed by atoms with Gasteiger partial charge in [-0.15, -0.1) is 0 Å². The minimum absolute atomic E-state index is 0.0871. The zero-order chi connectivity index (χ0) is 11.1. The maximum absolute atomic E-state index is 11.3. The molecule has 1 rings (SSSR count). The normalized spacial score (nSPS) is 9.73. The lowest BCUT2D eigenvalue weighted by atomic mass is 10.2. The van der Waals surface area contributed by atoms with Crippen molar-refractivity contribution < 1.29 is 9.53 Å². The molecule has 0 aliphatic rings. The third-order valence-electron chi connectivity index (χ3n) is 2.09. The zero-order valence-corrected chi connectivity index (χ0v) is 9.25. The molecule has 0 radical (unpaired) electrons. The van der Waals surface area contributed by atoms with Crippen molar-refractivity contribution in [1.29, 1.82) is 0 Å². The fourth-order valence-corrected chi connectivity index (χ4v) is 1.21. The molecule has 0 aliphatic carbocycles. The van der Waals surface area contributed by atoms with Crippen LogP contribution in [-0.4, -0.2) is 19.6 Å². The predicted molar refractivity (Wildman–Crippen MR) is 60.2 cm³/mol. The monoisotopic (exact) mass is 207 g/mol. The minimum atomic E-state index is -0.0871. The first-order valence-electron chi connectivity index (χ1n) is 5.23. The van der Waals surface area contributed by atoms with Gasteiger partial charge in [0.2, 0.25) is 0 Å². The number of rotatable bonds is 5. The molecule has 0 aliphatic heterocycles. The summed E-state index contributed by atoms with van der Waals surface area (Å²) >= 11 is 0. The second-order valence-corrected chi connectivity index (χ2v) is 3.31. The van der Waals surface area contributed by atoms with Crippen molar-refractivity contribution >= 4 is 5.91 Å². The number of carbonyl (C=O) groups excluding carboxylic acids is 1. The molecule has 1 aromatic rings. The van der Waals surface area contributed by atoms with E-state index in [-0.39, 0.29) is 5.91 Å². The van der Waals surface area contributed by atoms with E-state index in [9.17, 15) is 4.79 Å². The van der Waals surface area contributed by atoms with Crippen LogP contribution in [0.2, 0.25) is 0 Å². The third kappa shape index (κ3) is 3.62. The molecular formula is C12H17NO2. The van der Waals surface area contributed by atoms with Crippen molar-refractivity contribution in [1.82, 2.24) is 5.32 Å². The van der Waals surface area contributed by atoms with Crippen molar-refractivity contribution in [2.45, 2.75) is 19.8 Å². The summed E-state index contributed by atoms with van der Waals surface area (Å²) in [6.45, 7) is 2.82. The highest BCUT2D eigenvalue weighted by atomic mass is 16.5. The molecule has 0 saturated carbocycles. The number of carbonyl (C=O) groups is 1. The molecule has 0 spiro atoms. The average Bonchev–Trinajstić information content (AvgIpc) is 2.29. The van der Waals surface area contributed by atoms with E-state index in [1.165, 1.54) is 0 Å². The van der Waals surface area contributed by atoms with Gasteiger partial charge in [0.1, 0.15) is 5.75 Å². The standard InChI is InChI=1S/C12H17NO2/c1-3-4-8-15-11-7-5-6-10(9-11)12(14)13-2/h5-7,9H,3-4,8H2,1-2H3,(H,13,14). The molecule has 0 fully saturated rings. The van der Waals surface area contributed by atoms with Crippen LogP contribution in [0.15, 0.2) is 24.3 Å². The quantitative estimate of drug-likeness (QED) is 0.752. The predicted octanol–water partition coefficient (Wildman–Crippen LogP) is 2.23. The Morgan fingerprint density at radius 2 is 2.27 bits per heavy atom. The van der Waals surface area contributed by atoms with Gasteiger partial charge in [-0.05, 0) is 24.6 Å². The van der Waals surface area contributed by atoms with Crippen LogP contribution in [0.5, 0.6) is 5.75 Å². The molecule has 0 atom stereocenters. The largest absolute Gasteiger partial charge is 0.494 e. The molecule has 0 aromatic heterocycles. The van der Waals surface area contributed by atoms with E-state index in [0.29, 0.717) is 12.2 Å². The molecule has 3 nitrogen and oxygen atoms in total. The van der Waals surface area contributed by atoms with Crippen LogP contribution in [-0.2, 0) is 0 Å². The van der Waals surface area contributed by atoms with Gasteiger partial charge in [-0.25, -0.2) is 0 Å². The Labute approximate surface area is 90.4 Å². The maximum atomic E-state index is 11.3. The van der Waals surface area contributed by atoms with E-state index < -0.39 is 0 Å². The average molecular weight is 207 g/mol. The molecule has 0 bridgehead atoms. The van der Waals surface area contributed by atoms with Crippen LogP contribution in [0, 0.1) is 0 Å². The molecule has 0 unspecified atom stereocenters. The molecule has 1 amide bonds. The molecular weight excluding hydrogens is 190 g/mol. The Balaban J connectivity index is 2.62. The van der Waals surface area contributed by atoms with E-state index in [0.717, 1.165) is 18.6 Å². The minimum Gasteiger partial charge on any atom is -0.494 e. The Bertz CT molecular complexity index is 323. The summed E-state index contributed by atoms with van der Waals surface area (Å²) in [4.78, 5) is 11.3. The number of ether oxygens (including phenoxy) is 1. The van der Waals surface area contributed by atoms with Crippen LogP contribution >= 0.6 is 0 Å². The van der Waals surface area contributed by atoms with Gasteiger partial charge >= 0.3 is 0 Å². The Morgan fingerprint density at radius 1 is 1.47 bits per heavy atom. The van der Waals surface area contributed by atoms with Crippen molar-refractivity contribution in [3.63, 3.8) is 0 Å². The van der Waals surface area contributed by atoms with Gasteiger partial charge in [0, 0.05) is 12.6 Å². The number of unbranched alkanes of at least 4 members (excludes halogenated alkanes) is 1. The molecule has 0 saturated heterocycles. The Morgan fingerprint density at radius 3 is 2.93 bits per heavy atom. The number of hydrogen-bond acceptors (Lipinski definition) is 2. The van der Waals surface area contributed by atoms with Gasteiger partial charge in [-0.1, -0.05) is 19.4 Å². The van der Waals surface area contributed by atoms with E-state index in [2.05, 4.69) is 12.2 Å². The highest BCUT2D eigenvalue weighted by Gasteiger charge is 2.03. The summed E-state index contributed by atoms with van der Waals surface area (Å²) in [5, 5.41) is 2.58. The third-order valence-corrected chi connectivity index (χ3v) is 2.09. The van der Waals surface area contributed by atoms with Crippen LogP contribution in [0.3, 0.4) is 0 Å². The van der Waals surface area contributed by atoms with Gasteiger partial charge in [0.15, 0.2) is 0 Å². The summed E-state index contributed by atoms with van der Waals surface area (Å²) in [5.41, 5.74) is 0.631. The molecule has 3 heteroatoms. The van der Waals surface area contributed by atoms with Crippen molar-refractivity contribution in [2.75, 3.05) is 13.7 Å². The van der Waals surface area contributed by atoms with Crippen molar-refractivity contribution in [3.05, 3.63) is 29.8 Å². The lowest BCUT2D eigenvalue weighted by Gasteiger charge is -2.06. The van der Waals surface area contributed by atoms with Crippen LogP contribution in [0.4, 0.5) is 0 Å². The number of nitrogens with one attached hydrogen (secondary N) is 1. The van der Waals surface area contributed by atoms with E-state index in [1.54, 1.807) is 19.2 Å². The smallest absolute Gasteiger partial charge is 0.251 e. The van der Waals surface area contributed by atoms with E-state index >= 15 is 0 Å². The molecule has 15 heavy (non-hydrogen) atoms. The summed E-state index contributed by atoms with van der Waals surface area (Å²) in [7, 11) is 1.62. The van der Waals surface area contributed by atoms with Crippen molar-refractivity contribution in [2.24, 2.45) is 0 Å². The first-order valence-corrected chi connectivity index (χ1v) is 5.23. The molecule has 1 N–H and O–H groups in total. The topological polar surface area (TPSA) is 38.3 Å². The lowest BCUT2D eigenvalue weighted by molar-refractivity contribution is 0.0962. The fourth-order valence-electron chi connectivity index (χ4n) is 1.21.